The highest BCUT2D eigenvalue weighted by atomic mass is 16.5. The van der Waals surface area contributed by atoms with Gasteiger partial charge in [-0.05, 0) is 131 Å². The number of hydrogen-bond acceptors (Lipinski definition) is 4. The molecule has 3 aliphatic rings. The Morgan fingerprint density at radius 3 is 1.42 bits per heavy atom. The molecule has 0 saturated heterocycles. The molecule has 0 atom stereocenters. The standard InChI is InChI=1S/C51H42N2O2/c1-49(2)31-54-47(52-49)35-23-19-33(20-24-35)37-27-28-42-44(29-37)51(38-13-7-5-8-14-38,39-15-9-6-10-16-39)45-30-43(40-17-11-12-18-41(40)46(42)45)34-21-25-36(26-22-34)48-53-50(3,4)32-55-48/h5-30H,31-32H2,1-4H3. The molecule has 0 radical (unpaired) electrons. The predicted octanol–water partition coefficient (Wildman–Crippen LogP) is 11.6. The maximum Gasteiger partial charge on any atom is 0.216 e. The molecule has 2 aliphatic heterocycles. The van der Waals surface area contributed by atoms with Crippen molar-refractivity contribution in [1.82, 2.24) is 0 Å². The summed E-state index contributed by atoms with van der Waals surface area (Å²) >= 11 is 0. The third kappa shape index (κ3) is 5.42. The highest BCUT2D eigenvalue weighted by Crippen LogP contribution is 2.59. The zero-order chi connectivity index (χ0) is 37.4. The minimum Gasteiger partial charge on any atom is -0.475 e. The van der Waals surface area contributed by atoms with Crippen molar-refractivity contribution in [2.24, 2.45) is 9.98 Å². The molecule has 0 spiro atoms. The summed E-state index contributed by atoms with van der Waals surface area (Å²) in [4.78, 5) is 9.65. The van der Waals surface area contributed by atoms with E-state index >= 15 is 0 Å². The Morgan fingerprint density at radius 2 is 0.891 bits per heavy atom. The Balaban J connectivity index is 1.20. The van der Waals surface area contributed by atoms with Crippen molar-refractivity contribution >= 4 is 22.6 Å². The van der Waals surface area contributed by atoms with Crippen molar-refractivity contribution in [2.45, 2.75) is 44.2 Å². The summed E-state index contributed by atoms with van der Waals surface area (Å²) in [5.41, 5.74) is 13.3. The van der Waals surface area contributed by atoms with Crippen molar-refractivity contribution in [1.29, 1.82) is 0 Å². The fourth-order valence-electron chi connectivity index (χ4n) is 8.82. The van der Waals surface area contributed by atoms with Gasteiger partial charge in [-0.25, -0.2) is 9.98 Å². The number of aliphatic imine (C=N–C) groups is 2. The molecule has 7 aromatic rings. The molecule has 0 fully saturated rings. The van der Waals surface area contributed by atoms with Crippen molar-refractivity contribution in [3.63, 3.8) is 0 Å². The molecule has 4 heteroatoms. The van der Waals surface area contributed by atoms with Crippen LogP contribution in [0.2, 0.25) is 0 Å². The lowest BCUT2D eigenvalue weighted by Crippen LogP contribution is -2.28. The summed E-state index contributed by atoms with van der Waals surface area (Å²) in [5, 5.41) is 2.48. The van der Waals surface area contributed by atoms with Gasteiger partial charge in [-0.3, -0.25) is 0 Å². The second kappa shape index (κ2) is 12.4. The Labute approximate surface area is 322 Å². The Morgan fingerprint density at radius 1 is 0.418 bits per heavy atom. The van der Waals surface area contributed by atoms with E-state index in [4.69, 9.17) is 19.5 Å². The summed E-state index contributed by atoms with van der Waals surface area (Å²) in [7, 11) is 0. The van der Waals surface area contributed by atoms with Gasteiger partial charge < -0.3 is 9.47 Å². The number of hydrogen-bond donors (Lipinski definition) is 0. The Bertz CT molecular complexity index is 2630. The van der Waals surface area contributed by atoms with E-state index in [0.29, 0.717) is 19.1 Å². The van der Waals surface area contributed by atoms with Crippen LogP contribution in [-0.2, 0) is 14.9 Å². The SMILES string of the molecule is CC1(C)COC(c2ccc(-c3ccc4c(c3)C(c3ccccc3)(c3ccccc3)c3cc(-c5ccc(C6=NC(C)(C)CO6)cc5)c5ccccc5c3-4)cc2)=N1. The molecule has 0 amide bonds. The van der Waals surface area contributed by atoms with Gasteiger partial charge in [0.1, 0.15) is 13.2 Å². The molecule has 0 unspecified atom stereocenters. The van der Waals surface area contributed by atoms with Crippen molar-refractivity contribution in [3.8, 4) is 33.4 Å². The van der Waals surface area contributed by atoms with Gasteiger partial charge in [0.2, 0.25) is 11.8 Å². The second-order valence-corrected chi connectivity index (χ2v) is 16.3. The lowest BCUT2D eigenvalue weighted by molar-refractivity contribution is 0.279. The summed E-state index contributed by atoms with van der Waals surface area (Å²) in [6.45, 7) is 9.62. The molecule has 10 rings (SSSR count). The fraction of sp³-hybridized carbons (Fsp3) is 0.176. The second-order valence-electron chi connectivity index (χ2n) is 16.3. The lowest BCUT2D eigenvalue weighted by atomic mass is 9.67. The van der Waals surface area contributed by atoms with Crippen molar-refractivity contribution < 1.29 is 9.47 Å². The number of rotatable bonds is 6. The Hall–Kier alpha value is -6.26. The molecule has 2 heterocycles. The first kappa shape index (κ1) is 33.3. The zero-order valence-electron chi connectivity index (χ0n) is 31.6. The van der Waals surface area contributed by atoms with Crippen LogP contribution >= 0.6 is 0 Å². The summed E-state index contributed by atoms with van der Waals surface area (Å²) in [6, 6.07) is 58.0. The highest BCUT2D eigenvalue weighted by molar-refractivity contribution is 6.10. The molecule has 1 aliphatic carbocycles. The van der Waals surface area contributed by atoms with E-state index in [1.54, 1.807) is 0 Å². The first-order valence-corrected chi connectivity index (χ1v) is 19.2. The monoisotopic (exact) mass is 714 g/mol. The summed E-state index contributed by atoms with van der Waals surface area (Å²) < 4.78 is 12.0. The predicted molar refractivity (Wildman–Crippen MR) is 225 cm³/mol. The molecular weight excluding hydrogens is 673 g/mol. The molecule has 268 valence electrons. The van der Waals surface area contributed by atoms with Gasteiger partial charge in [0.15, 0.2) is 0 Å². The van der Waals surface area contributed by atoms with E-state index in [1.807, 2.05) is 0 Å². The van der Waals surface area contributed by atoms with Crippen LogP contribution in [0.3, 0.4) is 0 Å². The topological polar surface area (TPSA) is 43.2 Å². The molecule has 0 N–H and O–H groups in total. The lowest BCUT2D eigenvalue weighted by Gasteiger charge is -2.34. The van der Waals surface area contributed by atoms with Gasteiger partial charge in [-0.2, -0.15) is 0 Å². The maximum absolute atomic E-state index is 6.01. The highest BCUT2D eigenvalue weighted by Gasteiger charge is 2.47. The van der Waals surface area contributed by atoms with Crippen LogP contribution < -0.4 is 0 Å². The minimum atomic E-state index is -0.572. The third-order valence-electron chi connectivity index (χ3n) is 11.4. The van der Waals surface area contributed by atoms with Gasteiger partial charge >= 0.3 is 0 Å². The normalized spacial score (nSPS) is 17.2. The maximum atomic E-state index is 6.01. The number of benzene rings is 7. The third-order valence-corrected chi connectivity index (χ3v) is 11.4. The zero-order valence-corrected chi connectivity index (χ0v) is 31.6. The van der Waals surface area contributed by atoms with Crippen LogP contribution in [0, 0.1) is 0 Å². The van der Waals surface area contributed by atoms with E-state index < -0.39 is 5.41 Å². The van der Waals surface area contributed by atoms with Gasteiger partial charge in [0, 0.05) is 11.1 Å². The number of nitrogens with zero attached hydrogens (tertiary/aromatic N) is 2. The van der Waals surface area contributed by atoms with Crippen molar-refractivity contribution in [3.05, 3.63) is 191 Å². The van der Waals surface area contributed by atoms with Gasteiger partial charge in [-0.15, -0.1) is 0 Å². The first-order chi connectivity index (χ1) is 26.7. The smallest absolute Gasteiger partial charge is 0.216 e. The van der Waals surface area contributed by atoms with Crippen LogP contribution in [-0.4, -0.2) is 36.1 Å². The fourth-order valence-corrected chi connectivity index (χ4v) is 8.82. The van der Waals surface area contributed by atoms with Crippen LogP contribution in [0.25, 0.3) is 44.2 Å². The summed E-state index contributed by atoms with van der Waals surface area (Å²) in [5.74, 6) is 1.43. The van der Waals surface area contributed by atoms with E-state index in [1.165, 1.54) is 55.3 Å². The van der Waals surface area contributed by atoms with Gasteiger partial charge in [0.05, 0.1) is 16.5 Å². The minimum absolute atomic E-state index is 0.203. The number of ether oxygens (including phenoxy) is 2. The quantitative estimate of drug-likeness (QED) is 0.172. The molecule has 0 bridgehead atoms. The largest absolute Gasteiger partial charge is 0.475 e. The van der Waals surface area contributed by atoms with Crippen LogP contribution in [0.4, 0.5) is 0 Å². The first-order valence-electron chi connectivity index (χ1n) is 19.2. The Kier molecular flexibility index (Phi) is 7.51. The molecule has 7 aromatic carbocycles. The van der Waals surface area contributed by atoms with Gasteiger partial charge in [-0.1, -0.05) is 121 Å². The number of fused-ring (bicyclic) bond motifs is 5. The molecule has 0 aromatic heterocycles. The van der Waals surface area contributed by atoms with Crippen LogP contribution in [0.5, 0.6) is 0 Å². The molecule has 0 saturated carbocycles. The average molecular weight is 715 g/mol. The van der Waals surface area contributed by atoms with E-state index in [0.717, 1.165) is 28.2 Å². The molecule has 55 heavy (non-hydrogen) atoms. The van der Waals surface area contributed by atoms with E-state index in [-0.39, 0.29) is 11.1 Å². The molecule has 4 nitrogen and oxygen atoms in total. The van der Waals surface area contributed by atoms with Gasteiger partial charge in [0.25, 0.3) is 0 Å². The van der Waals surface area contributed by atoms with E-state index in [2.05, 4.69) is 185 Å². The van der Waals surface area contributed by atoms with Crippen LogP contribution in [0.15, 0.2) is 168 Å². The molecular formula is C51H42N2O2. The van der Waals surface area contributed by atoms with E-state index in [9.17, 15) is 0 Å². The summed E-state index contributed by atoms with van der Waals surface area (Å²) in [6.07, 6.45) is 0. The van der Waals surface area contributed by atoms with Crippen molar-refractivity contribution in [2.75, 3.05) is 13.2 Å². The average Bonchev–Trinajstić information content (AvgIpc) is 3.88. The van der Waals surface area contributed by atoms with Crippen LogP contribution in [0.1, 0.15) is 61.1 Å².